The lowest BCUT2D eigenvalue weighted by Crippen LogP contribution is -2.41. The molecule has 0 amide bonds. The monoisotopic (exact) mass is 289 g/mol. The van der Waals surface area contributed by atoms with Crippen LogP contribution in [0.5, 0.6) is 0 Å². The first-order chi connectivity index (χ1) is 9.63. The molecule has 0 spiro atoms. The number of rotatable bonds is 2. The molecule has 0 aliphatic carbocycles. The highest BCUT2D eigenvalue weighted by atomic mass is 32.1. The molecule has 2 heterocycles. The summed E-state index contributed by atoms with van der Waals surface area (Å²) in [6.45, 7) is 5.86. The first-order valence-corrected chi connectivity index (χ1v) is 7.74. The van der Waals surface area contributed by atoms with Crippen LogP contribution in [0, 0.1) is 12.8 Å². The van der Waals surface area contributed by atoms with Gasteiger partial charge in [-0.25, -0.2) is 0 Å². The fraction of sp³-hybridized carbons (Fsp3) is 0.467. The highest BCUT2D eigenvalue weighted by Gasteiger charge is 2.26. The van der Waals surface area contributed by atoms with Crippen molar-refractivity contribution in [1.82, 2.24) is 9.36 Å². The Balaban J connectivity index is 1.80. The number of piperidine rings is 1. The van der Waals surface area contributed by atoms with Gasteiger partial charge in [0.15, 0.2) is 5.82 Å². The fourth-order valence-corrected chi connectivity index (χ4v) is 3.28. The number of benzene rings is 1. The van der Waals surface area contributed by atoms with E-state index in [0.29, 0.717) is 0 Å². The number of hydrogen-bond donors (Lipinski definition) is 1. The Morgan fingerprint density at radius 2 is 2.25 bits per heavy atom. The number of aryl methyl sites for hydroxylation is 1. The molecule has 3 rings (SSSR count). The van der Waals surface area contributed by atoms with E-state index in [1.165, 1.54) is 17.1 Å². The lowest BCUT2D eigenvalue weighted by molar-refractivity contribution is 0.0971. The molecule has 106 valence electrons. The van der Waals surface area contributed by atoms with Crippen molar-refractivity contribution >= 4 is 16.7 Å². The van der Waals surface area contributed by atoms with Crippen molar-refractivity contribution in [2.45, 2.75) is 26.4 Å². The van der Waals surface area contributed by atoms with Crippen molar-refractivity contribution in [3.8, 4) is 11.4 Å². The normalized spacial score (nSPS) is 23.1. The predicted octanol–water partition coefficient (Wildman–Crippen LogP) is 2.72. The average Bonchev–Trinajstić information content (AvgIpc) is 2.92. The van der Waals surface area contributed by atoms with E-state index < -0.39 is 0 Å². The Morgan fingerprint density at radius 1 is 1.40 bits per heavy atom. The largest absolute Gasteiger partial charge is 0.393 e. The molecule has 20 heavy (non-hydrogen) atoms. The van der Waals surface area contributed by atoms with Crippen LogP contribution in [-0.4, -0.2) is 33.7 Å². The van der Waals surface area contributed by atoms with Gasteiger partial charge >= 0.3 is 0 Å². The van der Waals surface area contributed by atoms with Crippen LogP contribution in [-0.2, 0) is 0 Å². The van der Waals surface area contributed by atoms with Crippen molar-refractivity contribution in [3.05, 3.63) is 29.8 Å². The molecule has 1 aromatic heterocycles. The summed E-state index contributed by atoms with van der Waals surface area (Å²) in [7, 11) is 0. The zero-order valence-corrected chi connectivity index (χ0v) is 12.6. The van der Waals surface area contributed by atoms with E-state index >= 15 is 0 Å². The molecular weight excluding hydrogens is 270 g/mol. The first-order valence-electron chi connectivity index (χ1n) is 6.97. The second-order valence-electron chi connectivity index (χ2n) is 5.55. The van der Waals surface area contributed by atoms with Crippen molar-refractivity contribution in [2.75, 3.05) is 18.0 Å². The number of aromatic nitrogens is 2. The van der Waals surface area contributed by atoms with Gasteiger partial charge in [-0.3, -0.25) is 0 Å². The minimum absolute atomic E-state index is 0.185. The maximum Gasteiger partial charge on any atom is 0.205 e. The van der Waals surface area contributed by atoms with Gasteiger partial charge in [-0.05, 0) is 25.3 Å². The van der Waals surface area contributed by atoms with Crippen molar-refractivity contribution in [1.29, 1.82) is 0 Å². The van der Waals surface area contributed by atoms with Crippen molar-refractivity contribution < 1.29 is 5.11 Å². The Hall–Kier alpha value is -1.46. The number of aliphatic hydroxyl groups excluding tert-OH is 1. The molecule has 0 saturated carbocycles. The van der Waals surface area contributed by atoms with Crippen LogP contribution >= 0.6 is 11.5 Å². The van der Waals surface area contributed by atoms with Crippen molar-refractivity contribution in [2.24, 2.45) is 5.92 Å². The number of nitrogens with zero attached hydrogens (tertiary/aromatic N) is 3. The van der Waals surface area contributed by atoms with E-state index in [0.717, 1.165) is 36.0 Å². The topological polar surface area (TPSA) is 49.2 Å². The van der Waals surface area contributed by atoms with E-state index in [4.69, 9.17) is 0 Å². The summed E-state index contributed by atoms with van der Waals surface area (Å²) in [4.78, 5) is 6.89. The van der Waals surface area contributed by atoms with Crippen LogP contribution in [0.2, 0.25) is 0 Å². The van der Waals surface area contributed by atoms with Crippen LogP contribution in [0.4, 0.5) is 5.13 Å². The van der Waals surface area contributed by atoms with Crippen LogP contribution in [0.25, 0.3) is 11.4 Å². The smallest absolute Gasteiger partial charge is 0.205 e. The van der Waals surface area contributed by atoms with Gasteiger partial charge in [0.2, 0.25) is 5.13 Å². The third-order valence-corrected chi connectivity index (χ3v) is 4.60. The maximum absolute atomic E-state index is 9.80. The van der Waals surface area contributed by atoms with Gasteiger partial charge < -0.3 is 10.0 Å². The highest BCUT2D eigenvalue weighted by Crippen LogP contribution is 2.28. The fourth-order valence-electron chi connectivity index (χ4n) is 2.55. The SMILES string of the molecule is Cc1cccc(-c2nsc(N3CCC(O)C(C)C3)n2)c1. The third-order valence-electron chi connectivity index (χ3n) is 3.82. The van der Waals surface area contributed by atoms with Gasteiger partial charge in [-0.1, -0.05) is 30.7 Å². The van der Waals surface area contributed by atoms with E-state index in [1.54, 1.807) is 0 Å². The number of anilines is 1. The molecule has 1 N–H and O–H groups in total. The number of aliphatic hydroxyl groups is 1. The minimum atomic E-state index is -0.185. The maximum atomic E-state index is 9.80. The van der Waals surface area contributed by atoms with E-state index in [-0.39, 0.29) is 12.0 Å². The van der Waals surface area contributed by atoms with Gasteiger partial charge in [0.1, 0.15) is 0 Å². The summed E-state index contributed by atoms with van der Waals surface area (Å²) in [6.07, 6.45) is 0.621. The molecule has 0 radical (unpaired) electrons. The molecule has 1 saturated heterocycles. The summed E-state index contributed by atoms with van der Waals surface area (Å²) in [5.74, 6) is 1.09. The highest BCUT2D eigenvalue weighted by molar-refractivity contribution is 7.09. The third kappa shape index (κ3) is 2.69. The molecule has 1 fully saturated rings. The van der Waals surface area contributed by atoms with Crippen LogP contribution in [0.3, 0.4) is 0 Å². The van der Waals surface area contributed by atoms with E-state index in [9.17, 15) is 5.11 Å². The molecule has 2 unspecified atom stereocenters. The summed E-state index contributed by atoms with van der Waals surface area (Å²) < 4.78 is 4.47. The average molecular weight is 289 g/mol. The molecule has 5 heteroatoms. The van der Waals surface area contributed by atoms with Gasteiger partial charge in [-0.2, -0.15) is 9.36 Å². The Bertz CT molecular complexity index is 598. The van der Waals surface area contributed by atoms with Crippen LogP contribution in [0.15, 0.2) is 24.3 Å². The molecular formula is C15H19N3OS. The predicted molar refractivity (Wildman–Crippen MR) is 82.1 cm³/mol. The first kappa shape index (κ1) is 13.5. The van der Waals surface area contributed by atoms with E-state index in [1.807, 2.05) is 12.1 Å². The second-order valence-corrected chi connectivity index (χ2v) is 6.28. The van der Waals surface area contributed by atoms with Crippen molar-refractivity contribution in [3.63, 3.8) is 0 Å². The molecule has 2 atom stereocenters. The lowest BCUT2D eigenvalue weighted by atomic mass is 9.97. The quantitative estimate of drug-likeness (QED) is 0.923. The van der Waals surface area contributed by atoms with Gasteiger partial charge in [0.25, 0.3) is 0 Å². The van der Waals surface area contributed by atoms with Crippen LogP contribution in [0.1, 0.15) is 18.9 Å². The standard InChI is InChI=1S/C15H19N3OS/c1-10-4-3-5-12(8-10)14-16-15(20-17-14)18-7-6-13(19)11(2)9-18/h3-5,8,11,13,19H,6-7,9H2,1-2H3. The Kier molecular flexibility index (Phi) is 3.72. The van der Waals surface area contributed by atoms with Gasteiger partial charge in [-0.15, -0.1) is 0 Å². The van der Waals surface area contributed by atoms with Crippen LogP contribution < -0.4 is 4.90 Å². The zero-order chi connectivity index (χ0) is 14.1. The summed E-state index contributed by atoms with van der Waals surface area (Å²) >= 11 is 1.44. The minimum Gasteiger partial charge on any atom is -0.393 e. The van der Waals surface area contributed by atoms with E-state index in [2.05, 4.69) is 40.2 Å². The Labute approximate surface area is 123 Å². The van der Waals surface area contributed by atoms with Gasteiger partial charge in [0.05, 0.1) is 6.10 Å². The summed E-state index contributed by atoms with van der Waals surface area (Å²) in [5, 5.41) is 10.8. The summed E-state index contributed by atoms with van der Waals surface area (Å²) in [6, 6.07) is 8.25. The molecule has 2 aromatic rings. The number of hydrogen-bond acceptors (Lipinski definition) is 5. The Morgan fingerprint density at radius 3 is 3.00 bits per heavy atom. The summed E-state index contributed by atoms with van der Waals surface area (Å²) in [5.41, 5.74) is 2.28. The lowest BCUT2D eigenvalue weighted by Gasteiger charge is -2.33. The molecule has 0 bridgehead atoms. The molecule has 1 aliphatic rings. The molecule has 1 aliphatic heterocycles. The molecule has 4 nitrogen and oxygen atoms in total. The molecule has 1 aromatic carbocycles. The van der Waals surface area contributed by atoms with Gasteiger partial charge in [0, 0.05) is 30.2 Å². The zero-order valence-electron chi connectivity index (χ0n) is 11.8. The second kappa shape index (κ2) is 5.50.